The summed E-state index contributed by atoms with van der Waals surface area (Å²) in [5, 5.41) is 7.18. The maximum absolute atomic E-state index is 13.0. The minimum absolute atomic E-state index is 0.232. The largest absolute Gasteiger partial charge is 0.462 e. The van der Waals surface area contributed by atoms with Gasteiger partial charge in [-0.15, -0.1) is 0 Å². The summed E-state index contributed by atoms with van der Waals surface area (Å²) in [6, 6.07) is 13.6. The van der Waals surface area contributed by atoms with Gasteiger partial charge in [-0.2, -0.15) is 0 Å². The van der Waals surface area contributed by atoms with Crippen molar-refractivity contribution >= 4 is 46.5 Å². The molecule has 1 amide bonds. The van der Waals surface area contributed by atoms with E-state index in [1.54, 1.807) is 36.4 Å². The number of hydrogen-bond donors (Lipinski definition) is 2. The molecule has 0 aromatic heterocycles. The minimum Gasteiger partial charge on any atom is -0.462 e. The van der Waals surface area contributed by atoms with E-state index in [4.69, 9.17) is 28.6 Å². The molecule has 1 heterocycles. The molecule has 1 unspecified atom stereocenters. The average molecular weight is 486 g/mol. The van der Waals surface area contributed by atoms with E-state index in [0.717, 1.165) is 11.3 Å². The van der Waals surface area contributed by atoms with Gasteiger partial charge in [0.25, 0.3) is 5.91 Å². The SMILES string of the molecule is CCN1C(=S)NC(c2ccc(NC(=O)c3cccc(Cl)c3)cc2)C(C(=O)OCC(C)C)=C1C. The summed E-state index contributed by atoms with van der Waals surface area (Å²) in [6.07, 6.45) is 0. The van der Waals surface area contributed by atoms with E-state index in [1.807, 2.05) is 44.7 Å². The normalized spacial score (nSPS) is 16.0. The van der Waals surface area contributed by atoms with Gasteiger partial charge in [-0.3, -0.25) is 4.79 Å². The molecule has 2 aromatic carbocycles. The van der Waals surface area contributed by atoms with Gasteiger partial charge >= 0.3 is 5.97 Å². The monoisotopic (exact) mass is 485 g/mol. The number of esters is 1. The van der Waals surface area contributed by atoms with Crippen LogP contribution < -0.4 is 10.6 Å². The summed E-state index contributed by atoms with van der Waals surface area (Å²) in [4.78, 5) is 27.4. The molecule has 0 fully saturated rings. The van der Waals surface area contributed by atoms with E-state index in [2.05, 4.69) is 10.6 Å². The molecule has 33 heavy (non-hydrogen) atoms. The van der Waals surface area contributed by atoms with Gasteiger partial charge in [-0.1, -0.05) is 43.6 Å². The van der Waals surface area contributed by atoms with E-state index < -0.39 is 6.04 Å². The van der Waals surface area contributed by atoms with Gasteiger partial charge in [0, 0.05) is 28.5 Å². The van der Waals surface area contributed by atoms with E-state index in [9.17, 15) is 9.59 Å². The van der Waals surface area contributed by atoms with Crippen LogP contribution in [0.3, 0.4) is 0 Å². The summed E-state index contributed by atoms with van der Waals surface area (Å²) in [5.74, 6) is -0.386. The first-order valence-electron chi connectivity index (χ1n) is 10.8. The highest BCUT2D eigenvalue weighted by Gasteiger charge is 2.34. The van der Waals surface area contributed by atoms with Crippen LogP contribution in [0.2, 0.25) is 5.02 Å². The Balaban J connectivity index is 1.85. The zero-order valence-electron chi connectivity index (χ0n) is 19.1. The van der Waals surface area contributed by atoms with Crippen molar-refractivity contribution in [3.8, 4) is 0 Å². The average Bonchev–Trinajstić information content (AvgIpc) is 2.78. The second-order valence-electron chi connectivity index (χ2n) is 8.20. The lowest BCUT2D eigenvalue weighted by molar-refractivity contribution is -0.140. The van der Waals surface area contributed by atoms with Crippen molar-refractivity contribution < 1.29 is 14.3 Å². The van der Waals surface area contributed by atoms with Crippen molar-refractivity contribution in [2.24, 2.45) is 5.92 Å². The number of nitrogens with one attached hydrogen (secondary N) is 2. The zero-order chi connectivity index (χ0) is 24.1. The summed E-state index contributed by atoms with van der Waals surface area (Å²) in [6.45, 7) is 8.83. The molecule has 0 spiro atoms. The molecule has 1 atom stereocenters. The topological polar surface area (TPSA) is 70.7 Å². The maximum atomic E-state index is 13.0. The lowest BCUT2D eigenvalue weighted by Crippen LogP contribution is -2.47. The Kier molecular flexibility index (Phi) is 8.10. The van der Waals surface area contributed by atoms with Crippen LogP contribution in [0.5, 0.6) is 0 Å². The van der Waals surface area contributed by atoms with Crippen LogP contribution in [0.15, 0.2) is 59.8 Å². The van der Waals surface area contributed by atoms with Crippen LogP contribution in [-0.4, -0.2) is 35.0 Å². The van der Waals surface area contributed by atoms with Crippen molar-refractivity contribution in [3.63, 3.8) is 0 Å². The third-order valence-electron chi connectivity index (χ3n) is 5.27. The number of hydrogen-bond acceptors (Lipinski definition) is 4. The maximum Gasteiger partial charge on any atom is 0.338 e. The van der Waals surface area contributed by atoms with Crippen molar-refractivity contribution in [1.29, 1.82) is 0 Å². The first-order chi connectivity index (χ1) is 15.7. The second kappa shape index (κ2) is 10.8. The van der Waals surface area contributed by atoms with Gasteiger partial charge in [-0.25, -0.2) is 4.79 Å². The van der Waals surface area contributed by atoms with Crippen molar-refractivity contribution in [1.82, 2.24) is 10.2 Å². The lowest BCUT2D eigenvalue weighted by atomic mass is 9.94. The van der Waals surface area contributed by atoms with Gasteiger partial charge in [0.15, 0.2) is 5.11 Å². The standard InChI is InChI=1S/C25H28ClN3O3S/c1-5-29-16(4)21(24(31)32-14-15(2)3)22(28-25(29)33)17-9-11-20(12-10-17)27-23(30)18-7-6-8-19(26)13-18/h6-13,15,22H,5,14H2,1-4H3,(H,27,30)(H,28,33). The fraction of sp³-hybridized carbons (Fsp3) is 0.320. The Morgan fingerprint density at radius 2 is 1.91 bits per heavy atom. The number of anilines is 1. The van der Waals surface area contributed by atoms with Crippen LogP contribution >= 0.6 is 23.8 Å². The minimum atomic E-state index is -0.447. The van der Waals surface area contributed by atoms with Crippen molar-refractivity contribution in [2.75, 3.05) is 18.5 Å². The summed E-state index contributed by atoms with van der Waals surface area (Å²) >= 11 is 11.5. The molecule has 0 radical (unpaired) electrons. The van der Waals surface area contributed by atoms with Gasteiger partial charge in [-0.05, 0) is 67.9 Å². The number of nitrogens with zero attached hydrogens (tertiary/aromatic N) is 1. The number of carbonyl (C=O) groups is 2. The van der Waals surface area contributed by atoms with Gasteiger partial charge in [0.2, 0.25) is 0 Å². The third-order valence-corrected chi connectivity index (χ3v) is 5.84. The molecular formula is C25H28ClN3O3S. The highest BCUT2D eigenvalue weighted by molar-refractivity contribution is 7.80. The summed E-state index contributed by atoms with van der Waals surface area (Å²) < 4.78 is 5.55. The Bertz CT molecular complexity index is 1080. The predicted octanol–water partition coefficient (Wildman–Crippen LogP) is 5.32. The fourth-order valence-electron chi connectivity index (χ4n) is 3.59. The van der Waals surface area contributed by atoms with Gasteiger partial charge < -0.3 is 20.3 Å². The Morgan fingerprint density at radius 3 is 2.52 bits per heavy atom. The molecule has 0 saturated heterocycles. The molecule has 3 rings (SSSR count). The van der Waals surface area contributed by atoms with Gasteiger partial charge in [0.1, 0.15) is 0 Å². The number of allylic oxidation sites excluding steroid dienone is 1. The smallest absolute Gasteiger partial charge is 0.338 e. The number of benzene rings is 2. The zero-order valence-corrected chi connectivity index (χ0v) is 20.7. The number of rotatable bonds is 7. The first kappa shape index (κ1) is 24.7. The van der Waals surface area contributed by atoms with Crippen LogP contribution in [0.25, 0.3) is 0 Å². The first-order valence-corrected chi connectivity index (χ1v) is 11.6. The van der Waals surface area contributed by atoms with E-state index in [-0.39, 0.29) is 17.8 Å². The quantitative estimate of drug-likeness (QED) is 0.408. The van der Waals surface area contributed by atoms with Crippen LogP contribution in [0.4, 0.5) is 5.69 Å². The number of ether oxygens (including phenoxy) is 1. The number of thiocarbonyl (C=S) groups is 1. The molecule has 6 nitrogen and oxygen atoms in total. The Hall–Kier alpha value is -2.90. The molecule has 0 bridgehead atoms. The Labute approximate surface area is 204 Å². The van der Waals surface area contributed by atoms with E-state index in [1.165, 1.54) is 0 Å². The molecule has 0 aliphatic carbocycles. The van der Waals surface area contributed by atoms with E-state index >= 15 is 0 Å². The van der Waals surface area contributed by atoms with Crippen molar-refractivity contribution in [2.45, 2.75) is 33.7 Å². The number of carbonyl (C=O) groups excluding carboxylic acids is 2. The fourth-order valence-corrected chi connectivity index (χ4v) is 4.16. The third kappa shape index (κ3) is 5.92. The highest BCUT2D eigenvalue weighted by atomic mass is 35.5. The van der Waals surface area contributed by atoms with Crippen molar-refractivity contribution in [3.05, 3.63) is 76.0 Å². The lowest BCUT2D eigenvalue weighted by Gasteiger charge is -2.37. The second-order valence-corrected chi connectivity index (χ2v) is 9.03. The van der Waals surface area contributed by atoms with E-state index in [0.29, 0.717) is 40.1 Å². The summed E-state index contributed by atoms with van der Waals surface area (Å²) in [7, 11) is 0. The molecular weight excluding hydrogens is 458 g/mol. The number of halogens is 1. The molecule has 1 aliphatic rings. The molecule has 8 heteroatoms. The highest BCUT2D eigenvalue weighted by Crippen LogP contribution is 2.32. The summed E-state index contributed by atoms with van der Waals surface area (Å²) in [5.41, 5.74) is 3.24. The molecule has 2 N–H and O–H groups in total. The van der Waals surface area contributed by atoms with Crippen LogP contribution in [-0.2, 0) is 9.53 Å². The van der Waals surface area contributed by atoms with Gasteiger partial charge in [0.05, 0.1) is 18.2 Å². The molecule has 2 aromatic rings. The number of amides is 1. The molecule has 1 aliphatic heterocycles. The Morgan fingerprint density at radius 1 is 1.21 bits per heavy atom. The predicted molar refractivity (Wildman–Crippen MR) is 135 cm³/mol. The molecule has 174 valence electrons. The van der Waals surface area contributed by atoms with Crippen LogP contribution in [0, 0.1) is 5.92 Å². The van der Waals surface area contributed by atoms with Crippen LogP contribution in [0.1, 0.15) is 49.7 Å². The molecule has 0 saturated carbocycles.